The Balaban J connectivity index is 1.36. The maximum Gasteiger partial charge on any atom is 0.323 e. The van der Waals surface area contributed by atoms with Gasteiger partial charge in [0, 0.05) is 28.5 Å². The minimum absolute atomic E-state index is 0.0327. The van der Waals surface area contributed by atoms with Crippen LogP contribution in [-0.2, 0) is 22.4 Å². The van der Waals surface area contributed by atoms with Crippen molar-refractivity contribution in [3.8, 4) is 0 Å². The zero-order valence-corrected chi connectivity index (χ0v) is 21.2. The Kier molecular flexibility index (Phi) is 8.00. The maximum atomic E-state index is 13.3. The number of likely N-dealkylation sites (tertiary alicyclic amines) is 1. The number of thiazole rings is 1. The number of aliphatic carboxylic acids is 1. The monoisotopic (exact) mass is 506 g/mol. The molecule has 3 N–H and O–H groups in total. The van der Waals surface area contributed by atoms with Crippen molar-refractivity contribution in [2.24, 2.45) is 0 Å². The van der Waals surface area contributed by atoms with Crippen LogP contribution in [0, 0.1) is 6.92 Å². The van der Waals surface area contributed by atoms with Gasteiger partial charge in [-0.3, -0.25) is 9.59 Å². The molecule has 1 aromatic heterocycles. The van der Waals surface area contributed by atoms with Gasteiger partial charge < -0.3 is 20.6 Å². The number of carboxylic acid groups (broad SMARTS) is 1. The molecule has 1 fully saturated rings. The third kappa shape index (κ3) is 6.28. The van der Waals surface area contributed by atoms with Crippen LogP contribution in [0.4, 0.5) is 16.2 Å². The standard InChI is InChI=1S/C27H30N4O4S/c1-17-5-3-4-6-22(17)30-27(35)29-20-10-8-19(9-11-20)15-24(32)31-18(2)7-13-23(31)26-28-16-21(36-26)12-14-25(33)34/h3-6,8-11,16,18,23H,7,12-15H2,1-2H3,(H,33,34)(H2,29,30,35). The summed E-state index contributed by atoms with van der Waals surface area (Å²) in [6.07, 6.45) is 4.26. The Hall–Kier alpha value is -3.72. The summed E-state index contributed by atoms with van der Waals surface area (Å²) < 4.78 is 0. The molecular weight excluding hydrogens is 476 g/mol. The number of rotatable bonds is 8. The number of hydrogen-bond donors (Lipinski definition) is 3. The van der Waals surface area contributed by atoms with Gasteiger partial charge in [-0.1, -0.05) is 30.3 Å². The first kappa shape index (κ1) is 25.4. The molecule has 1 aliphatic heterocycles. The minimum Gasteiger partial charge on any atom is -0.481 e. The van der Waals surface area contributed by atoms with Crippen LogP contribution >= 0.6 is 11.3 Å². The van der Waals surface area contributed by atoms with Crippen molar-refractivity contribution in [3.05, 3.63) is 75.7 Å². The van der Waals surface area contributed by atoms with Gasteiger partial charge in [0.2, 0.25) is 5.91 Å². The predicted octanol–water partition coefficient (Wildman–Crippen LogP) is 5.41. The summed E-state index contributed by atoms with van der Waals surface area (Å²) in [6, 6.07) is 14.6. The molecule has 36 heavy (non-hydrogen) atoms. The van der Waals surface area contributed by atoms with Crippen LogP contribution in [0.2, 0.25) is 0 Å². The number of carboxylic acids is 1. The Labute approximate surface area is 214 Å². The zero-order valence-electron chi connectivity index (χ0n) is 20.4. The number of urea groups is 1. The number of para-hydroxylation sites is 1. The molecule has 9 heteroatoms. The lowest BCUT2D eigenvalue weighted by Gasteiger charge is -2.27. The van der Waals surface area contributed by atoms with Gasteiger partial charge in [0.25, 0.3) is 0 Å². The fraction of sp³-hybridized carbons (Fsp3) is 0.333. The number of anilines is 2. The zero-order chi connectivity index (χ0) is 25.7. The van der Waals surface area contributed by atoms with E-state index in [9.17, 15) is 14.4 Å². The van der Waals surface area contributed by atoms with Crippen LogP contribution < -0.4 is 10.6 Å². The SMILES string of the molecule is Cc1ccccc1NC(=O)Nc1ccc(CC(=O)N2C(C)CCC2c2ncc(CCC(=O)O)s2)cc1. The lowest BCUT2D eigenvalue weighted by atomic mass is 10.1. The first-order valence-corrected chi connectivity index (χ1v) is 12.8. The Bertz CT molecular complexity index is 1240. The summed E-state index contributed by atoms with van der Waals surface area (Å²) in [6.45, 7) is 3.98. The van der Waals surface area contributed by atoms with Crippen molar-refractivity contribution in [1.29, 1.82) is 0 Å². The van der Waals surface area contributed by atoms with Gasteiger partial charge in [-0.05, 0) is 62.4 Å². The number of carbonyl (C=O) groups is 3. The number of nitrogens with one attached hydrogen (secondary N) is 2. The van der Waals surface area contributed by atoms with Crippen molar-refractivity contribution < 1.29 is 19.5 Å². The van der Waals surface area contributed by atoms with E-state index in [1.54, 1.807) is 18.3 Å². The van der Waals surface area contributed by atoms with Crippen LogP contribution in [0.3, 0.4) is 0 Å². The lowest BCUT2D eigenvalue weighted by Crippen LogP contribution is -2.36. The first-order chi connectivity index (χ1) is 17.3. The summed E-state index contributed by atoms with van der Waals surface area (Å²) in [7, 11) is 0. The second-order valence-electron chi connectivity index (χ2n) is 9.07. The summed E-state index contributed by atoms with van der Waals surface area (Å²) in [5.74, 6) is -0.797. The van der Waals surface area contributed by atoms with E-state index in [4.69, 9.17) is 5.11 Å². The Morgan fingerprint density at radius 3 is 2.56 bits per heavy atom. The van der Waals surface area contributed by atoms with E-state index < -0.39 is 5.97 Å². The molecule has 2 atom stereocenters. The molecular formula is C27H30N4O4S. The summed E-state index contributed by atoms with van der Waals surface area (Å²) in [5.41, 5.74) is 3.23. The van der Waals surface area contributed by atoms with E-state index in [0.29, 0.717) is 12.1 Å². The van der Waals surface area contributed by atoms with E-state index >= 15 is 0 Å². The molecule has 0 bridgehead atoms. The van der Waals surface area contributed by atoms with Crippen molar-refractivity contribution in [2.75, 3.05) is 10.6 Å². The summed E-state index contributed by atoms with van der Waals surface area (Å²) in [5, 5.41) is 15.4. The molecule has 8 nitrogen and oxygen atoms in total. The van der Waals surface area contributed by atoms with E-state index in [2.05, 4.69) is 22.5 Å². The second kappa shape index (κ2) is 11.3. The van der Waals surface area contributed by atoms with E-state index in [-0.39, 0.29) is 36.9 Å². The molecule has 2 unspecified atom stereocenters. The van der Waals surface area contributed by atoms with Crippen LogP contribution in [0.25, 0.3) is 0 Å². The average Bonchev–Trinajstić information content (AvgIpc) is 3.47. The van der Waals surface area contributed by atoms with E-state index in [1.807, 2.05) is 48.2 Å². The number of aromatic nitrogens is 1. The number of amides is 3. The number of benzene rings is 2. The molecule has 3 amide bonds. The number of carbonyl (C=O) groups excluding carboxylic acids is 2. The topological polar surface area (TPSA) is 112 Å². The average molecular weight is 507 g/mol. The van der Waals surface area contributed by atoms with Crippen molar-refractivity contribution in [3.63, 3.8) is 0 Å². The summed E-state index contributed by atoms with van der Waals surface area (Å²) in [4.78, 5) is 43.8. The van der Waals surface area contributed by atoms with Crippen LogP contribution in [0.1, 0.15) is 53.2 Å². The highest BCUT2D eigenvalue weighted by Gasteiger charge is 2.36. The minimum atomic E-state index is -0.829. The van der Waals surface area contributed by atoms with Gasteiger partial charge >= 0.3 is 12.0 Å². The molecule has 3 aromatic rings. The lowest BCUT2D eigenvalue weighted by molar-refractivity contribution is -0.137. The molecule has 0 spiro atoms. The Morgan fingerprint density at radius 2 is 1.83 bits per heavy atom. The van der Waals surface area contributed by atoms with E-state index in [0.717, 1.165) is 39.5 Å². The summed E-state index contributed by atoms with van der Waals surface area (Å²) >= 11 is 1.50. The number of nitrogens with zero attached hydrogens (tertiary/aromatic N) is 2. The Morgan fingerprint density at radius 1 is 1.08 bits per heavy atom. The van der Waals surface area contributed by atoms with Gasteiger partial charge in [-0.2, -0.15) is 0 Å². The quantitative estimate of drug-likeness (QED) is 0.378. The molecule has 0 saturated carbocycles. The van der Waals surface area contributed by atoms with Crippen LogP contribution in [0.5, 0.6) is 0 Å². The van der Waals surface area contributed by atoms with Gasteiger partial charge in [-0.25, -0.2) is 9.78 Å². The highest BCUT2D eigenvalue weighted by molar-refractivity contribution is 7.11. The molecule has 0 radical (unpaired) electrons. The fourth-order valence-electron chi connectivity index (χ4n) is 4.44. The first-order valence-electron chi connectivity index (χ1n) is 12.0. The third-order valence-electron chi connectivity index (χ3n) is 6.36. The molecule has 0 aliphatic carbocycles. The maximum absolute atomic E-state index is 13.3. The highest BCUT2D eigenvalue weighted by atomic mass is 32.1. The van der Waals surface area contributed by atoms with Crippen molar-refractivity contribution >= 4 is 40.6 Å². The van der Waals surface area contributed by atoms with Crippen LogP contribution in [0.15, 0.2) is 54.7 Å². The molecule has 188 valence electrons. The van der Waals surface area contributed by atoms with Gasteiger partial charge in [0.1, 0.15) is 5.01 Å². The van der Waals surface area contributed by atoms with Gasteiger partial charge in [0.15, 0.2) is 0 Å². The molecule has 2 heterocycles. The van der Waals surface area contributed by atoms with Crippen molar-refractivity contribution in [2.45, 2.75) is 58.0 Å². The molecule has 4 rings (SSSR count). The van der Waals surface area contributed by atoms with Gasteiger partial charge in [-0.15, -0.1) is 11.3 Å². The largest absolute Gasteiger partial charge is 0.481 e. The fourth-order valence-corrected chi connectivity index (χ4v) is 5.49. The van der Waals surface area contributed by atoms with Crippen molar-refractivity contribution in [1.82, 2.24) is 9.88 Å². The number of aryl methyl sites for hydroxylation is 2. The molecule has 1 saturated heterocycles. The molecule has 2 aromatic carbocycles. The normalized spacial score (nSPS) is 17.1. The smallest absolute Gasteiger partial charge is 0.323 e. The highest BCUT2D eigenvalue weighted by Crippen LogP contribution is 2.38. The predicted molar refractivity (Wildman–Crippen MR) is 140 cm³/mol. The third-order valence-corrected chi connectivity index (χ3v) is 7.52. The molecule has 1 aliphatic rings. The van der Waals surface area contributed by atoms with Gasteiger partial charge in [0.05, 0.1) is 18.9 Å². The van der Waals surface area contributed by atoms with E-state index in [1.165, 1.54) is 11.3 Å². The number of hydrogen-bond acceptors (Lipinski definition) is 5. The second-order valence-corrected chi connectivity index (χ2v) is 10.2. The van der Waals surface area contributed by atoms with Crippen LogP contribution in [-0.4, -0.2) is 38.9 Å².